The Morgan fingerprint density at radius 2 is 1.54 bits per heavy atom. The maximum Gasteiger partial charge on any atom is 0.217 e. The second kappa shape index (κ2) is 18.6. The molecule has 35 heavy (non-hydrogen) atoms. The molecular formula is C26H45NO8. The molecule has 0 bridgehead atoms. The molecule has 0 saturated carbocycles. The number of amides is 1. The highest BCUT2D eigenvalue weighted by molar-refractivity contribution is 5.73. The molecule has 1 saturated heterocycles. The summed E-state index contributed by atoms with van der Waals surface area (Å²) in [5.41, 5.74) is 0. The minimum absolute atomic E-state index is 0.223. The van der Waals surface area contributed by atoms with Crippen molar-refractivity contribution in [3.63, 3.8) is 0 Å². The maximum absolute atomic E-state index is 11.6. The summed E-state index contributed by atoms with van der Waals surface area (Å²) in [4.78, 5) is 11.6. The molecule has 9 nitrogen and oxygen atoms in total. The normalized spacial score (nSPS) is 27.1. The van der Waals surface area contributed by atoms with Gasteiger partial charge in [-0.05, 0) is 38.5 Å². The Morgan fingerprint density at radius 1 is 0.943 bits per heavy atom. The highest BCUT2D eigenvalue weighted by Gasteiger charge is 2.44. The molecule has 7 unspecified atom stereocenters. The zero-order valence-electron chi connectivity index (χ0n) is 21.0. The van der Waals surface area contributed by atoms with Crippen LogP contribution in [0.15, 0.2) is 36.5 Å². The predicted octanol–water partition coefficient (Wildman–Crippen LogP) is 1.48. The van der Waals surface area contributed by atoms with Crippen molar-refractivity contribution in [1.82, 2.24) is 5.32 Å². The number of carbonyl (C=O) groups is 1. The van der Waals surface area contributed by atoms with E-state index in [2.05, 4.69) is 36.5 Å². The second-order valence-electron chi connectivity index (χ2n) is 8.85. The fraction of sp³-hybridized carbons (Fsp3) is 0.731. The van der Waals surface area contributed by atoms with Crippen molar-refractivity contribution in [2.24, 2.45) is 0 Å². The highest BCUT2D eigenvalue weighted by Crippen LogP contribution is 2.22. The number of nitrogens with one attached hydrogen (secondary N) is 1. The number of unbranched alkanes of at least 4 members (excludes halogenated alkanes) is 5. The first-order chi connectivity index (χ1) is 16.8. The van der Waals surface area contributed by atoms with Crippen molar-refractivity contribution in [2.45, 2.75) is 108 Å². The Kier molecular flexibility index (Phi) is 16.8. The Hall–Kier alpha value is -1.59. The van der Waals surface area contributed by atoms with Gasteiger partial charge in [0.05, 0.1) is 25.4 Å². The Bertz CT molecular complexity index is 651. The molecule has 6 N–H and O–H groups in total. The van der Waals surface area contributed by atoms with Crippen molar-refractivity contribution in [1.29, 1.82) is 0 Å². The van der Waals surface area contributed by atoms with E-state index in [9.17, 15) is 30.3 Å². The molecule has 0 aromatic heterocycles. The molecule has 0 aromatic carbocycles. The SMILES string of the molecule is CCCCC/C=C/CC/C=C/CC/C=C/C(O)C(COC1OC(CO)C(O)C(O)C1O)NC(C)=O. The van der Waals surface area contributed by atoms with Crippen LogP contribution in [0, 0.1) is 0 Å². The number of aliphatic hydroxyl groups is 5. The molecule has 0 spiro atoms. The van der Waals surface area contributed by atoms with Crippen LogP contribution in [0.3, 0.4) is 0 Å². The molecule has 0 aromatic rings. The van der Waals surface area contributed by atoms with Crippen LogP contribution in [0.25, 0.3) is 0 Å². The Labute approximate surface area is 209 Å². The molecule has 7 atom stereocenters. The molecule has 1 heterocycles. The van der Waals surface area contributed by atoms with Gasteiger partial charge in [-0.25, -0.2) is 0 Å². The predicted molar refractivity (Wildman–Crippen MR) is 133 cm³/mol. The van der Waals surface area contributed by atoms with Crippen LogP contribution >= 0.6 is 0 Å². The summed E-state index contributed by atoms with van der Waals surface area (Å²) < 4.78 is 10.8. The van der Waals surface area contributed by atoms with Gasteiger partial charge in [0.2, 0.25) is 5.91 Å². The van der Waals surface area contributed by atoms with E-state index in [1.54, 1.807) is 6.08 Å². The fourth-order valence-corrected chi connectivity index (χ4v) is 3.63. The van der Waals surface area contributed by atoms with Gasteiger partial charge in [0, 0.05) is 6.92 Å². The molecule has 1 rings (SSSR count). The van der Waals surface area contributed by atoms with E-state index in [1.165, 1.54) is 26.2 Å². The molecule has 1 aliphatic heterocycles. The van der Waals surface area contributed by atoms with Crippen LogP contribution in [-0.2, 0) is 14.3 Å². The van der Waals surface area contributed by atoms with E-state index in [-0.39, 0.29) is 12.5 Å². The quantitative estimate of drug-likeness (QED) is 0.130. The largest absolute Gasteiger partial charge is 0.394 e. The third kappa shape index (κ3) is 12.8. The first kappa shape index (κ1) is 31.4. The van der Waals surface area contributed by atoms with Crippen LogP contribution in [0.1, 0.15) is 65.2 Å². The molecular weight excluding hydrogens is 454 g/mol. The smallest absolute Gasteiger partial charge is 0.217 e. The Balaban J connectivity index is 2.41. The summed E-state index contributed by atoms with van der Waals surface area (Å²) in [6.45, 7) is 2.71. The summed E-state index contributed by atoms with van der Waals surface area (Å²) in [6, 6.07) is -0.823. The maximum atomic E-state index is 11.6. The molecule has 1 fully saturated rings. The summed E-state index contributed by atoms with van der Waals surface area (Å²) in [7, 11) is 0. The van der Waals surface area contributed by atoms with E-state index >= 15 is 0 Å². The van der Waals surface area contributed by atoms with Crippen LogP contribution in [0.5, 0.6) is 0 Å². The monoisotopic (exact) mass is 499 g/mol. The van der Waals surface area contributed by atoms with Crippen molar-refractivity contribution in [3.05, 3.63) is 36.5 Å². The highest BCUT2D eigenvalue weighted by atomic mass is 16.7. The number of carbonyl (C=O) groups excluding carboxylic acids is 1. The van der Waals surface area contributed by atoms with Gasteiger partial charge >= 0.3 is 0 Å². The summed E-state index contributed by atoms with van der Waals surface area (Å²) in [5.74, 6) is -0.373. The number of allylic oxidation sites excluding steroid dienone is 5. The van der Waals surface area contributed by atoms with E-state index in [1.807, 2.05) is 6.08 Å². The minimum Gasteiger partial charge on any atom is -0.394 e. The molecule has 202 valence electrons. The molecule has 0 aliphatic carbocycles. The topological polar surface area (TPSA) is 149 Å². The molecule has 1 aliphatic rings. The van der Waals surface area contributed by atoms with Crippen molar-refractivity contribution < 1.29 is 39.8 Å². The van der Waals surface area contributed by atoms with Gasteiger partial charge in [-0.15, -0.1) is 0 Å². The van der Waals surface area contributed by atoms with Crippen LogP contribution in [0.2, 0.25) is 0 Å². The van der Waals surface area contributed by atoms with Crippen LogP contribution < -0.4 is 5.32 Å². The minimum atomic E-state index is -1.56. The fourth-order valence-electron chi connectivity index (χ4n) is 3.63. The summed E-state index contributed by atoms with van der Waals surface area (Å²) in [6.07, 6.45) is 12.5. The zero-order chi connectivity index (χ0) is 26.1. The molecule has 0 radical (unpaired) electrons. The first-order valence-electron chi connectivity index (χ1n) is 12.7. The van der Waals surface area contributed by atoms with Gasteiger partial charge in [-0.3, -0.25) is 4.79 Å². The molecule has 1 amide bonds. The number of rotatable bonds is 17. The van der Waals surface area contributed by atoms with Crippen LogP contribution in [0.4, 0.5) is 0 Å². The first-order valence-corrected chi connectivity index (χ1v) is 12.7. The number of ether oxygens (including phenoxy) is 2. The van der Waals surface area contributed by atoms with E-state index < -0.39 is 49.5 Å². The van der Waals surface area contributed by atoms with Gasteiger partial charge < -0.3 is 40.3 Å². The van der Waals surface area contributed by atoms with Gasteiger partial charge in [0.15, 0.2) is 6.29 Å². The lowest BCUT2D eigenvalue weighted by Crippen LogP contribution is -2.60. The number of aliphatic hydroxyl groups excluding tert-OH is 5. The summed E-state index contributed by atoms with van der Waals surface area (Å²) in [5, 5.41) is 52.1. The van der Waals surface area contributed by atoms with E-state index in [0.717, 1.165) is 32.1 Å². The van der Waals surface area contributed by atoms with E-state index in [0.29, 0.717) is 0 Å². The summed E-state index contributed by atoms with van der Waals surface area (Å²) >= 11 is 0. The van der Waals surface area contributed by atoms with Crippen molar-refractivity contribution >= 4 is 5.91 Å². The van der Waals surface area contributed by atoms with Gasteiger partial charge in [-0.2, -0.15) is 0 Å². The van der Waals surface area contributed by atoms with Gasteiger partial charge in [0.1, 0.15) is 24.4 Å². The second-order valence-corrected chi connectivity index (χ2v) is 8.85. The lowest BCUT2D eigenvalue weighted by Gasteiger charge is -2.40. The van der Waals surface area contributed by atoms with Crippen LogP contribution in [-0.4, -0.2) is 87.5 Å². The standard InChI is InChI=1S/C26H45NO8/c1-3-4-5-6-7-8-9-10-11-12-13-14-15-16-21(30)20(27-19(2)29)18-34-26-25(33)24(32)23(31)22(17-28)35-26/h7-8,11-12,15-16,20-26,28,30-33H,3-6,9-10,13-14,17-18H2,1-2H3,(H,27,29)/b8-7+,12-11+,16-15+. The molecule has 9 heteroatoms. The number of hydrogen-bond acceptors (Lipinski definition) is 8. The van der Waals surface area contributed by atoms with E-state index in [4.69, 9.17) is 9.47 Å². The van der Waals surface area contributed by atoms with Gasteiger partial charge in [0.25, 0.3) is 0 Å². The zero-order valence-corrected chi connectivity index (χ0v) is 21.0. The third-order valence-corrected chi connectivity index (χ3v) is 5.73. The Morgan fingerprint density at radius 3 is 2.11 bits per heavy atom. The van der Waals surface area contributed by atoms with Gasteiger partial charge in [-0.1, -0.05) is 56.2 Å². The average Bonchev–Trinajstić information content (AvgIpc) is 2.83. The number of hydrogen-bond donors (Lipinski definition) is 6. The lowest BCUT2D eigenvalue weighted by molar-refractivity contribution is -0.302. The average molecular weight is 500 g/mol. The lowest BCUT2D eigenvalue weighted by atomic mass is 9.99. The van der Waals surface area contributed by atoms with Crippen molar-refractivity contribution in [3.8, 4) is 0 Å². The van der Waals surface area contributed by atoms with Crippen molar-refractivity contribution in [2.75, 3.05) is 13.2 Å². The third-order valence-electron chi connectivity index (χ3n) is 5.73.